The number of carbonyl (C=O) groups is 1. The molecule has 0 unspecified atom stereocenters. The van der Waals surface area contributed by atoms with Crippen molar-refractivity contribution in [1.82, 2.24) is 5.32 Å². The zero-order valence-electron chi connectivity index (χ0n) is 13.3. The average Bonchev–Trinajstić information content (AvgIpc) is 3.19. The van der Waals surface area contributed by atoms with Gasteiger partial charge >= 0.3 is 10.1 Å². The number of para-hydroxylation sites is 1. The van der Waals surface area contributed by atoms with Gasteiger partial charge in [0.15, 0.2) is 9.96 Å². The summed E-state index contributed by atoms with van der Waals surface area (Å²) >= 11 is 1.14. The van der Waals surface area contributed by atoms with Crippen molar-refractivity contribution in [1.29, 1.82) is 0 Å². The molecule has 0 saturated heterocycles. The third kappa shape index (κ3) is 3.79. The highest BCUT2D eigenvalue weighted by atomic mass is 32.3. The molecule has 1 N–H and O–H groups in total. The molecule has 3 rings (SSSR count). The Morgan fingerprint density at radius 1 is 1.17 bits per heavy atom. The topological polar surface area (TPSA) is 72.5 Å². The summed E-state index contributed by atoms with van der Waals surface area (Å²) in [6, 6.07) is 9.81. The van der Waals surface area contributed by atoms with Gasteiger partial charge in [-0.25, -0.2) is 0 Å². The molecule has 0 aliphatic heterocycles. The van der Waals surface area contributed by atoms with E-state index >= 15 is 0 Å². The molecule has 1 aliphatic rings. The summed E-state index contributed by atoms with van der Waals surface area (Å²) in [7, 11) is -3.94. The number of rotatable bonds is 5. The van der Waals surface area contributed by atoms with Crippen LogP contribution in [0.25, 0.3) is 0 Å². The van der Waals surface area contributed by atoms with Crippen LogP contribution in [0.4, 0.5) is 0 Å². The molecule has 0 atom stereocenters. The first-order valence-corrected chi connectivity index (χ1v) is 10.1. The molecule has 24 heavy (non-hydrogen) atoms. The zero-order chi connectivity index (χ0) is 17.2. The second kappa shape index (κ2) is 6.94. The third-order valence-corrected chi connectivity index (χ3v) is 6.67. The van der Waals surface area contributed by atoms with E-state index in [-0.39, 0.29) is 27.5 Å². The number of nitrogens with one attached hydrogen (secondary N) is 1. The molecule has 0 spiro atoms. The summed E-state index contributed by atoms with van der Waals surface area (Å²) in [5, 5.41) is 2.95. The van der Waals surface area contributed by atoms with Crippen LogP contribution in [-0.2, 0) is 10.1 Å². The van der Waals surface area contributed by atoms with Gasteiger partial charge in [0, 0.05) is 10.9 Å². The highest BCUT2D eigenvalue weighted by Crippen LogP contribution is 2.27. The van der Waals surface area contributed by atoms with Crippen LogP contribution in [0.5, 0.6) is 5.75 Å². The van der Waals surface area contributed by atoms with Crippen LogP contribution >= 0.6 is 11.3 Å². The van der Waals surface area contributed by atoms with E-state index in [1.807, 2.05) is 6.92 Å². The number of amides is 1. The van der Waals surface area contributed by atoms with E-state index in [1.165, 1.54) is 12.1 Å². The molecule has 1 aromatic carbocycles. The number of hydrogen-bond donors (Lipinski definition) is 1. The van der Waals surface area contributed by atoms with Gasteiger partial charge in [0.25, 0.3) is 5.91 Å². The standard InChI is InChI=1S/C17H19NO4S2/c1-12-10-11-16(23-12)24(20,21)22-15-9-5-4-8-14(15)17(19)18-13-6-2-3-7-13/h4-5,8-11,13H,2-3,6-7H2,1H3,(H,18,19). The van der Waals surface area contributed by atoms with Gasteiger partial charge in [-0.3, -0.25) is 4.79 Å². The normalized spacial score (nSPS) is 15.4. The molecule has 7 heteroatoms. The van der Waals surface area contributed by atoms with Gasteiger partial charge in [0.05, 0.1) is 5.56 Å². The lowest BCUT2D eigenvalue weighted by molar-refractivity contribution is 0.0936. The van der Waals surface area contributed by atoms with Gasteiger partial charge in [0.1, 0.15) is 0 Å². The number of benzene rings is 1. The molecule has 1 fully saturated rings. The molecule has 5 nitrogen and oxygen atoms in total. The lowest BCUT2D eigenvalue weighted by Crippen LogP contribution is -2.33. The third-order valence-electron chi connectivity index (χ3n) is 3.98. The van der Waals surface area contributed by atoms with Crippen molar-refractivity contribution in [2.45, 2.75) is 42.9 Å². The molecular formula is C17H19NO4S2. The summed E-state index contributed by atoms with van der Waals surface area (Å²) in [5.74, 6) is -0.242. The molecule has 128 valence electrons. The van der Waals surface area contributed by atoms with Crippen LogP contribution in [-0.4, -0.2) is 20.4 Å². The molecule has 2 aromatic rings. The Morgan fingerprint density at radius 2 is 1.88 bits per heavy atom. The fourth-order valence-corrected chi connectivity index (χ4v) is 4.96. The second-order valence-electron chi connectivity index (χ2n) is 5.85. The van der Waals surface area contributed by atoms with Crippen molar-refractivity contribution in [3.8, 4) is 5.75 Å². The average molecular weight is 365 g/mol. The predicted molar refractivity (Wildman–Crippen MR) is 93.0 cm³/mol. The largest absolute Gasteiger partial charge is 0.378 e. The summed E-state index contributed by atoms with van der Waals surface area (Å²) in [4.78, 5) is 13.3. The Balaban J connectivity index is 1.82. The van der Waals surface area contributed by atoms with Crippen LogP contribution in [0.2, 0.25) is 0 Å². The number of aryl methyl sites for hydroxylation is 1. The van der Waals surface area contributed by atoms with Crippen LogP contribution in [0, 0.1) is 6.92 Å². The second-order valence-corrected chi connectivity index (χ2v) is 8.91. The zero-order valence-corrected chi connectivity index (χ0v) is 15.0. The molecule has 0 bridgehead atoms. The molecule has 1 saturated carbocycles. The minimum absolute atomic E-state index is 0.0547. The Kier molecular flexibility index (Phi) is 4.91. The fraction of sp³-hybridized carbons (Fsp3) is 0.353. The Labute approximate surface area is 145 Å². The number of hydrogen-bond acceptors (Lipinski definition) is 5. The first kappa shape index (κ1) is 17.0. The monoisotopic (exact) mass is 365 g/mol. The molecule has 1 heterocycles. The fourth-order valence-electron chi connectivity index (χ4n) is 2.77. The molecule has 0 radical (unpaired) electrons. The van der Waals surface area contributed by atoms with Gasteiger partial charge in [0.2, 0.25) is 0 Å². The summed E-state index contributed by atoms with van der Waals surface area (Å²) in [5.41, 5.74) is 0.237. The van der Waals surface area contributed by atoms with Gasteiger partial charge in [-0.2, -0.15) is 8.42 Å². The first-order valence-electron chi connectivity index (χ1n) is 7.86. The van der Waals surface area contributed by atoms with Crippen molar-refractivity contribution < 1.29 is 17.4 Å². The smallest absolute Gasteiger partial charge is 0.348 e. The van der Waals surface area contributed by atoms with E-state index in [9.17, 15) is 13.2 Å². The molecule has 1 amide bonds. The molecule has 1 aromatic heterocycles. The Hall–Kier alpha value is -1.86. The maximum Gasteiger partial charge on any atom is 0.348 e. The predicted octanol–water partition coefficient (Wildman–Crippen LogP) is 3.50. The van der Waals surface area contributed by atoms with E-state index in [0.29, 0.717) is 0 Å². The van der Waals surface area contributed by atoms with Crippen LogP contribution in [0.3, 0.4) is 0 Å². The SMILES string of the molecule is Cc1ccc(S(=O)(=O)Oc2ccccc2C(=O)NC2CCCC2)s1. The van der Waals surface area contributed by atoms with E-state index in [0.717, 1.165) is 41.9 Å². The Bertz CT molecular complexity index is 836. The maximum atomic E-state index is 12.5. The highest BCUT2D eigenvalue weighted by molar-refractivity contribution is 7.89. The quantitative estimate of drug-likeness (QED) is 0.823. The van der Waals surface area contributed by atoms with Crippen molar-refractivity contribution in [3.63, 3.8) is 0 Å². The van der Waals surface area contributed by atoms with Gasteiger partial charge < -0.3 is 9.50 Å². The lowest BCUT2D eigenvalue weighted by atomic mass is 10.1. The number of thiophene rings is 1. The van der Waals surface area contributed by atoms with Crippen LogP contribution in [0.1, 0.15) is 40.9 Å². The minimum Gasteiger partial charge on any atom is -0.378 e. The van der Waals surface area contributed by atoms with Crippen molar-refractivity contribution in [2.75, 3.05) is 0 Å². The van der Waals surface area contributed by atoms with Gasteiger partial charge in [-0.1, -0.05) is 25.0 Å². The van der Waals surface area contributed by atoms with E-state index in [2.05, 4.69) is 5.32 Å². The molecule has 1 aliphatic carbocycles. The van der Waals surface area contributed by atoms with E-state index < -0.39 is 10.1 Å². The maximum absolute atomic E-state index is 12.5. The summed E-state index contributed by atoms with van der Waals surface area (Å²) in [6.45, 7) is 1.83. The lowest BCUT2D eigenvalue weighted by Gasteiger charge is -2.14. The van der Waals surface area contributed by atoms with E-state index in [4.69, 9.17) is 4.18 Å². The van der Waals surface area contributed by atoms with Gasteiger partial charge in [-0.15, -0.1) is 11.3 Å². The summed E-state index contributed by atoms with van der Waals surface area (Å²) in [6.07, 6.45) is 4.13. The Morgan fingerprint density at radius 3 is 2.54 bits per heavy atom. The number of carbonyl (C=O) groups excluding carboxylic acids is 1. The minimum atomic E-state index is -3.94. The van der Waals surface area contributed by atoms with Crippen molar-refractivity contribution >= 4 is 27.4 Å². The first-order chi connectivity index (χ1) is 11.5. The van der Waals surface area contributed by atoms with Crippen LogP contribution in [0.15, 0.2) is 40.6 Å². The van der Waals surface area contributed by atoms with Crippen molar-refractivity contribution in [3.05, 3.63) is 46.8 Å². The molecular weight excluding hydrogens is 346 g/mol. The highest BCUT2D eigenvalue weighted by Gasteiger charge is 2.24. The van der Waals surface area contributed by atoms with Crippen LogP contribution < -0.4 is 9.50 Å². The van der Waals surface area contributed by atoms with Crippen molar-refractivity contribution in [2.24, 2.45) is 0 Å². The summed E-state index contributed by atoms with van der Waals surface area (Å²) < 4.78 is 30.2. The van der Waals surface area contributed by atoms with E-state index in [1.54, 1.807) is 24.3 Å². The van der Waals surface area contributed by atoms with Gasteiger partial charge in [-0.05, 0) is 44.0 Å².